The van der Waals surface area contributed by atoms with Gasteiger partial charge in [0.05, 0.1) is 12.0 Å². The molecule has 7 heteroatoms. The van der Waals surface area contributed by atoms with Crippen molar-refractivity contribution in [3.63, 3.8) is 0 Å². The number of aldehydes is 1. The van der Waals surface area contributed by atoms with Crippen LogP contribution in [0.15, 0.2) is 36.0 Å². The zero-order valence-corrected chi connectivity index (χ0v) is 25.8. The number of allylic oxidation sites excluding steroid dienone is 5. The third-order valence-corrected chi connectivity index (χ3v) is 11.3. The maximum Gasteiger partial charge on any atom is 0.302 e. The number of hydrogen-bond donors (Lipinski definition) is 2. The van der Waals surface area contributed by atoms with Crippen molar-refractivity contribution < 1.29 is 34.1 Å². The van der Waals surface area contributed by atoms with Crippen LogP contribution in [0.4, 0.5) is 0 Å². The third kappa shape index (κ3) is 6.42. The first-order valence-corrected chi connectivity index (χ1v) is 16.0. The van der Waals surface area contributed by atoms with Crippen LogP contribution in [0.2, 0.25) is 0 Å². The van der Waals surface area contributed by atoms with Crippen molar-refractivity contribution in [3.05, 3.63) is 36.0 Å². The average molecular weight is 583 g/mol. The molecule has 5 aliphatic rings. The number of rotatable bonds is 6. The van der Waals surface area contributed by atoms with Crippen molar-refractivity contribution in [1.82, 2.24) is 0 Å². The lowest BCUT2D eigenvalue weighted by molar-refractivity contribution is -0.149. The summed E-state index contributed by atoms with van der Waals surface area (Å²) in [5.74, 6) is 0.564. The average Bonchev–Trinajstić information content (AvgIpc) is 3.26. The Hall–Kier alpha value is -2.38. The standard InChI is InChI=1S/C21H30O3.C14H20O4/c1-13(22)24-15-8-10-20(2)14(12-15)4-5-16-17-6-7-19(23)21(17,3)11-9-18(16)20;1-2-3-4-5-6-7-10-8-12(16)14(18)13(17)11(10)9-15/h4,15-18H,5-12H2,1-3H3;4-7,9-12,14,16,18H,2-3,8H2,1H3. The van der Waals surface area contributed by atoms with Gasteiger partial charge in [-0.15, -0.1) is 0 Å². The van der Waals surface area contributed by atoms with Gasteiger partial charge in [0.25, 0.3) is 0 Å². The molecule has 0 radical (unpaired) electrons. The zero-order valence-electron chi connectivity index (χ0n) is 25.8. The minimum absolute atomic E-state index is 0.0438. The Kier molecular flexibility index (Phi) is 10.5. The highest BCUT2D eigenvalue weighted by atomic mass is 16.5. The van der Waals surface area contributed by atoms with E-state index in [4.69, 9.17) is 4.74 Å². The summed E-state index contributed by atoms with van der Waals surface area (Å²) >= 11 is 0. The van der Waals surface area contributed by atoms with Crippen LogP contribution < -0.4 is 0 Å². The van der Waals surface area contributed by atoms with Gasteiger partial charge >= 0.3 is 5.97 Å². The molecule has 10 unspecified atom stereocenters. The fourth-order valence-corrected chi connectivity index (χ4v) is 8.80. The smallest absolute Gasteiger partial charge is 0.302 e. The Balaban J connectivity index is 0.000000202. The fourth-order valence-electron chi connectivity index (χ4n) is 8.80. The molecule has 0 bridgehead atoms. The summed E-state index contributed by atoms with van der Waals surface area (Å²) in [6, 6.07) is 0. The van der Waals surface area contributed by atoms with E-state index in [2.05, 4.69) is 26.8 Å². The second kappa shape index (κ2) is 13.5. The van der Waals surface area contributed by atoms with Gasteiger partial charge in [0.1, 0.15) is 24.3 Å². The summed E-state index contributed by atoms with van der Waals surface area (Å²) in [5.41, 5.74) is 1.74. The molecule has 0 amide bonds. The van der Waals surface area contributed by atoms with Gasteiger partial charge in [0, 0.05) is 25.2 Å². The van der Waals surface area contributed by atoms with E-state index in [0.29, 0.717) is 29.8 Å². The molecule has 42 heavy (non-hydrogen) atoms. The number of hydrogen-bond acceptors (Lipinski definition) is 7. The van der Waals surface area contributed by atoms with E-state index in [1.54, 1.807) is 12.2 Å². The molecular formula is C35H50O7. The van der Waals surface area contributed by atoms with Gasteiger partial charge < -0.3 is 19.7 Å². The van der Waals surface area contributed by atoms with Gasteiger partial charge in [-0.1, -0.05) is 63.1 Å². The van der Waals surface area contributed by atoms with E-state index in [0.717, 1.165) is 57.8 Å². The number of aliphatic hydroxyl groups excluding tert-OH is 2. The lowest BCUT2D eigenvalue weighted by Gasteiger charge is -2.56. The predicted octanol–water partition coefficient (Wildman–Crippen LogP) is 5.47. The molecule has 5 aliphatic carbocycles. The first-order valence-electron chi connectivity index (χ1n) is 16.0. The Morgan fingerprint density at radius 1 is 1.07 bits per heavy atom. The Morgan fingerprint density at radius 3 is 2.48 bits per heavy atom. The molecule has 0 heterocycles. The van der Waals surface area contributed by atoms with Gasteiger partial charge in [-0.05, 0) is 80.5 Å². The summed E-state index contributed by atoms with van der Waals surface area (Å²) in [7, 11) is 0. The van der Waals surface area contributed by atoms with E-state index in [1.807, 2.05) is 12.2 Å². The second-order valence-electron chi connectivity index (χ2n) is 13.7. The largest absolute Gasteiger partial charge is 0.462 e. The molecule has 0 aromatic rings. The van der Waals surface area contributed by atoms with E-state index >= 15 is 0 Å². The number of carbonyl (C=O) groups excluding carboxylic acids is 4. The Morgan fingerprint density at radius 2 is 1.79 bits per heavy atom. The molecule has 0 saturated heterocycles. The molecule has 4 fully saturated rings. The van der Waals surface area contributed by atoms with E-state index in [1.165, 1.54) is 18.9 Å². The number of fused-ring (bicyclic) bond motifs is 5. The van der Waals surface area contributed by atoms with Crippen LogP contribution in [0.3, 0.4) is 0 Å². The number of ketones is 2. The van der Waals surface area contributed by atoms with Gasteiger partial charge in [-0.2, -0.15) is 0 Å². The summed E-state index contributed by atoms with van der Waals surface area (Å²) < 4.78 is 5.50. The van der Waals surface area contributed by atoms with E-state index in [-0.39, 0.29) is 35.2 Å². The van der Waals surface area contributed by atoms with Gasteiger partial charge in [-0.3, -0.25) is 14.4 Å². The number of carbonyl (C=O) groups is 4. The molecular weight excluding hydrogens is 532 g/mol. The Labute approximate surface area is 250 Å². The maximum absolute atomic E-state index is 12.4. The van der Waals surface area contributed by atoms with Crippen LogP contribution in [0, 0.1) is 40.4 Å². The summed E-state index contributed by atoms with van der Waals surface area (Å²) in [5, 5.41) is 18.9. The maximum atomic E-state index is 12.4. The van der Waals surface area contributed by atoms with Crippen LogP contribution in [-0.4, -0.2) is 52.3 Å². The van der Waals surface area contributed by atoms with Crippen molar-refractivity contribution in [2.24, 2.45) is 40.4 Å². The van der Waals surface area contributed by atoms with Gasteiger partial charge in [0.2, 0.25) is 0 Å². The van der Waals surface area contributed by atoms with E-state index < -0.39 is 23.9 Å². The quantitative estimate of drug-likeness (QED) is 0.140. The Bertz CT molecular complexity index is 1120. The molecule has 232 valence electrons. The van der Waals surface area contributed by atoms with Crippen molar-refractivity contribution >= 4 is 23.8 Å². The second-order valence-corrected chi connectivity index (χ2v) is 13.7. The van der Waals surface area contributed by atoms with Crippen LogP contribution in [0.25, 0.3) is 0 Å². The highest BCUT2D eigenvalue weighted by molar-refractivity contribution is 5.97. The zero-order chi connectivity index (χ0) is 30.7. The van der Waals surface area contributed by atoms with Crippen molar-refractivity contribution in [1.29, 1.82) is 0 Å². The van der Waals surface area contributed by atoms with Crippen molar-refractivity contribution in [2.75, 3.05) is 0 Å². The van der Waals surface area contributed by atoms with Gasteiger partial charge in [0.15, 0.2) is 5.78 Å². The molecule has 0 aromatic carbocycles. The van der Waals surface area contributed by atoms with Crippen LogP contribution in [0.5, 0.6) is 0 Å². The first-order chi connectivity index (χ1) is 20.0. The van der Waals surface area contributed by atoms with Crippen molar-refractivity contribution in [2.45, 2.75) is 117 Å². The molecule has 0 aliphatic heterocycles. The fraction of sp³-hybridized carbons (Fsp3) is 0.714. The van der Waals surface area contributed by atoms with Crippen LogP contribution >= 0.6 is 0 Å². The van der Waals surface area contributed by atoms with Crippen LogP contribution in [-0.2, 0) is 23.9 Å². The molecule has 2 N–H and O–H groups in total. The molecule has 7 nitrogen and oxygen atoms in total. The van der Waals surface area contributed by atoms with E-state index in [9.17, 15) is 29.4 Å². The number of aliphatic hydroxyl groups is 2. The SMILES string of the molecule is CC(=O)OC1CCC2(C)C(=CCC3C4CCC(=O)C4(C)CCC32)C1.CCCC=CC=CC1CC(O)C(O)C(=O)C1C=O. The number of esters is 1. The molecule has 4 saturated carbocycles. The lowest BCUT2D eigenvalue weighted by atomic mass is 9.48. The highest BCUT2D eigenvalue weighted by Crippen LogP contribution is 2.64. The molecule has 10 atom stereocenters. The topological polar surface area (TPSA) is 118 Å². The van der Waals surface area contributed by atoms with Crippen molar-refractivity contribution in [3.8, 4) is 0 Å². The first kappa shape index (κ1) is 32.5. The minimum atomic E-state index is -1.43. The van der Waals surface area contributed by atoms with Gasteiger partial charge in [-0.25, -0.2) is 0 Å². The number of Topliss-reactive ketones (excluding diaryl/α,β-unsaturated/α-hetero) is 2. The third-order valence-electron chi connectivity index (χ3n) is 11.3. The summed E-state index contributed by atoms with van der Waals surface area (Å²) in [6.07, 6.45) is 18.6. The number of ether oxygens (including phenoxy) is 1. The predicted molar refractivity (Wildman–Crippen MR) is 160 cm³/mol. The lowest BCUT2D eigenvalue weighted by Crippen LogP contribution is -2.50. The minimum Gasteiger partial charge on any atom is -0.462 e. The summed E-state index contributed by atoms with van der Waals surface area (Å²) in [4.78, 5) is 46.3. The molecule has 0 spiro atoms. The van der Waals surface area contributed by atoms with Crippen LogP contribution in [0.1, 0.15) is 98.3 Å². The monoisotopic (exact) mass is 582 g/mol. The molecule has 5 rings (SSSR count). The summed E-state index contributed by atoms with van der Waals surface area (Å²) in [6.45, 7) is 8.27. The highest BCUT2D eigenvalue weighted by Gasteiger charge is 2.58. The molecule has 0 aromatic heterocycles. The number of unbranched alkanes of at least 4 members (excludes halogenated alkanes) is 1. The normalized spacial score (nSPS) is 41.3.